The molecule has 4 rings (SSSR count). The predicted octanol–water partition coefficient (Wildman–Crippen LogP) is 5.03. The normalized spacial score (nSPS) is 13.2. The Kier molecular flexibility index (Phi) is 6.35. The number of carboxylic acid groups (broad SMARTS) is 1. The number of carboxylic acids is 1. The van der Waals surface area contributed by atoms with E-state index in [4.69, 9.17) is 9.84 Å². The molecular formula is C25H20F3NO4. The maximum Gasteiger partial charge on any atom is 0.407 e. The van der Waals surface area contributed by atoms with Crippen LogP contribution in [0.15, 0.2) is 60.7 Å². The second-order valence-corrected chi connectivity index (χ2v) is 7.83. The first kappa shape index (κ1) is 22.4. The molecule has 0 radical (unpaired) electrons. The Morgan fingerprint density at radius 3 is 2.09 bits per heavy atom. The standard InChI is InChI=1S/C25H20F3NO4/c26-21-12-23(28)22(27)10-14(21)9-15(11-24(30)31)29-25(32)33-13-20-18-7-3-1-5-16(18)17-6-2-4-8-19(17)20/h1-8,10,12,15,20H,9,11,13H2,(H,29,32)(H,30,31)/t15-/m1/s1. The third kappa shape index (κ3) is 4.84. The third-order valence-electron chi connectivity index (χ3n) is 5.64. The lowest BCUT2D eigenvalue weighted by molar-refractivity contribution is -0.137. The van der Waals surface area contributed by atoms with E-state index in [1.807, 2.05) is 48.5 Å². The fourth-order valence-corrected chi connectivity index (χ4v) is 4.18. The Morgan fingerprint density at radius 2 is 1.48 bits per heavy atom. The van der Waals surface area contributed by atoms with Gasteiger partial charge in [-0.1, -0.05) is 48.5 Å². The van der Waals surface area contributed by atoms with E-state index in [1.54, 1.807) is 0 Å². The number of halogens is 3. The molecule has 170 valence electrons. The lowest BCUT2D eigenvalue weighted by Gasteiger charge is -2.19. The van der Waals surface area contributed by atoms with Crippen LogP contribution in [0.25, 0.3) is 11.1 Å². The molecule has 0 aromatic heterocycles. The van der Waals surface area contributed by atoms with Gasteiger partial charge in [-0.15, -0.1) is 0 Å². The number of aliphatic carboxylic acids is 1. The number of nitrogens with one attached hydrogen (secondary N) is 1. The van der Waals surface area contributed by atoms with Crippen LogP contribution >= 0.6 is 0 Å². The van der Waals surface area contributed by atoms with Crippen molar-refractivity contribution in [3.05, 3.63) is 94.8 Å². The second kappa shape index (κ2) is 9.36. The summed E-state index contributed by atoms with van der Waals surface area (Å²) in [6.45, 7) is 0.0131. The fourth-order valence-electron chi connectivity index (χ4n) is 4.18. The van der Waals surface area contributed by atoms with Gasteiger partial charge in [0.05, 0.1) is 6.42 Å². The summed E-state index contributed by atoms with van der Waals surface area (Å²) in [5.74, 6) is -5.08. The largest absolute Gasteiger partial charge is 0.481 e. The van der Waals surface area contributed by atoms with Gasteiger partial charge in [-0.3, -0.25) is 4.79 Å². The monoisotopic (exact) mass is 455 g/mol. The molecule has 1 aliphatic rings. The van der Waals surface area contributed by atoms with Gasteiger partial charge in [-0.25, -0.2) is 18.0 Å². The van der Waals surface area contributed by atoms with Crippen LogP contribution in [-0.4, -0.2) is 29.8 Å². The summed E-state index contributed by atoms with van der Waals surface area (Å²) in [5.41, 5.74) is 3.88. The number of benzene rings is 3. The highest BCUT2D eigenvalue weighted by Gasteiger charge is 2.29. The van der Waals surface area contributed by atoms with Crippen molar-refractivity contribution in [3.8, 4) is 11.1 Å². The van der Waals surface area contributed by atoms with Gasteiger partial charge in [0.25, 0.3) is 0 Å². The maximum atomic E-state index is 14.0. The number of fused-ring (bicyclic) bond motifs is 3. The van der Waals surface area contributed by atoms with Crippen molar-refractivity contribution in [2.24, 2.45) is 0 Å². The first-order chi connectivity index (χ1) is 15.8. The number of rotatable bonds is 7. The van der Waals surface area contributed by atoms with Gasteiger partial charge in [0.15, 0.2) is 11.6 Å². The third-order valence-corrected chi connectivity index (χ3v) is 5.64. The first-order valence-corrected chi connectivity index (χ1v) is 10.3. The Bertz CT molecular complexity index is 1170. The van der Waals surface area contributed by atoms with Crippen molar-refractivity contribution in [1.82, 2.24) is 5.32 Å². The molecule has 0 bridgehead atoms. The molecule has 2 N–H and O–H groups in total. The van der Waals surface area contributed by atoms with Crippen LogP contribution in [0.3, 0.4) is 0 Å². The summed E-state index contributed by atoms with van der Waals surface area (Å²) in [4.78, 5) is 23.7. The summed E-state index contributed by atoms with van der Waals surface area (Å²) >= 11 is 0. The SMILES string of the molecule is O=C(O)C[C@@H](Cc1cc(F)c(F)cc1F)NC(=O)OCC1c2ccccc2-c2ccccc21. The van der Waals surface area contributed by atoms with E-state index in [1.165, 1.54) is 0 Å². The lowest BCUT2D eigenvalue weighted by Crippen LogP contribution is -2.39. The average molecular weight is 455 g/mol. The zero-order valence-corrected chi connectivity index (χ0v) is 17.4. The Morgan fingerprint density at radius 1 is 0.909 bits per heavy atom. The van der Waals surface area contributed by atoms with Gasteiger partial charge >= 0.3 is 12.1 Å². The van der Waals surface area contributed by atoms with E-state index in [-0.39, 0.29) is 24.5 Å². The van der Waals surface area contributed by atoms with Crippen molar-refractivity contribution >= 4 is 12.1 Å². The number of alkyl carbamates (subject to hydrolysis) is 1. The fraction of sp³-hybridized carbons (Fsp3) is 0.200. The molecule has 1 atom stereocenters. The van der Waals surface area contributed by atoms with Gasteiger partial charge in [0.2, 0.25) is 0 Å². The molecule has 0 fully saturated rings. The lowest BCUT2D eigenvalue weighted by atomic mass is 9.98. The highest BCUT2D eigenvalue weighted by molar-refractivity contribution is 5.79. The number of carbonyl (C=O) groups is 2. The van der Waals surface area contributed by atoms with Gasteiger partial charge in [-0.05, 0) is 40.3 Å². The van der Waals surface area contributed by atoms with Gasteiger partial charge in [0.1, 0.15) is 12.4 Å². The molecule has 5 nitrogen and oxygen atoms in total. The van der Waals surface area contributed by atoms with Crippen LogP contribution in [0.1, 0.15) is 29.0 Å². The molecule has 8 heteroatoms. The molecule has 0 aliphatic heterocycles. The minimum Gasteiger partial charge on any atom is -0.481 e. The summed E-state index contributed by atoms with van der Waals surface area (Å²) in [6.07, 6.45) is -1.78. The Labute approximate surface area is 187 Å². The van der Waals surface area contributed by atoms with Crippen molar-refractivity contribution in [3.63, 3.8) is 0 Å². The highest BCUT2D eigenvalue weighted by atomic mass is 19.2. The van der Waals surface area contributed by atoms with E-state index in [0.29, 0.717) is 12.1 Å². The topological polar surface area (TPSA) is 75.6 Å². The van der Waals surface area contributed by atoms with Crippen molar-refractivity contribution in [1.29, 1.82) is 0 Å². The molecule has 1 aliphatic carbocycles. The number of carbonyl (C=O) groups excluding carboxylic acids is 1. The van der Waals surface area contributed by atoms with Gasteiger partial charge in [-0.2, -0.15) is 0 Å². The predicted molar refractivity (Wildman–Crippen MR) is 114 cm³/mol. The summed E-state index contributed by atoms with van der Waals surface area (Å²) in [5, 5.41) is 11.5. The molecule has 3 aromatic carbocycles. The van der Waals surface area contributed by atoms with Gasteiger partial charge < -0.3 is 15.2 Å². The van der Waals surface area contributed by atoms with Crippen LogP contribution in [-0.2, 0) is 16.0 Å². The highest BCUT2D eigenvalue weighted by Crippen LogP contribution is 2.44. The number of amides is 1. The molecule has 0 spiro atoms. The molecule has 0 heterocycles. The van der Waals surface area contributed by atoms with Gasteiger partial charge in [0, 0.05) is 18.0 Å². The Hall–Kier alpha value is -3.81. The maximum absolute atomic E-state index is 14.0. The van der Waals surface area contributed by atoms with Crippen LogP contribution in [0, 0.1) is 17.5 Å². The molecule has 0 saturated heterocycles. The molecule has 1 amide bonds. The number of hydrogen-bond acceptors (Lipinski definition) is 3. The van der Waals surface area contributed by atoms with Crippen molar-refractivity contribution < 1.29 is 32.6 Å². The van der Waals surface area contributed by atoms with E-state index in [0.717, 1.165) is 22.3 Å². The van der Waals surface area contributed by atoms with Crippen LogP contribution < -0.4 is 5.32 Å². The molecular weight excluding hydrogens is 435 g/mol. The quantitative estimate of drug-likeness (QED) is 0.490. The second-order valence-electron chi connectivity index (χ2n) is 7.83. The summed E-state index contributed by atoms with van der Waals surface area (Å²) in [7, 11) is 0. The van der Waals surface area contributed by atoms with E-state index in [2.05, 4.69) is 5.32 Å². The smallest absolute Gasteiger partial charge is 0.407 e. The summed E-state index contributed by atoms with van der Waals surface area (Å²) in [6, 6.07) is 15.5. The summed E-state index contributed by atoms with van der Waals surface area (Å²) < 4.78 is 46.1. The molecule has 3 aromatic rings. The van der Waals surface area contributed by atoms with Crippen LogP contribution in [0.2, 0.25) is 0 Å². The van der Waals surface area contributed by atoms with Crippen molar-refractivity contribution in [2.45, 2.75) is 24.8 Å². The molecule has 0 unspecified atom stereocenters. The van der Waals surface area contributed by atoms with E-state index < -0.39 is 42.0 Å². The van der Waals surface area contributed by atoms with E-state index in [9.17, 15) is 22.8 Å². The number of ether oxygens (including phenoxy) is 1. The minimum absolute atomic E-state index is 0.0131. The first-order valence-electron chi connectivity index (χ1n) is 10.3. The van der Waals surface area contributed by atoms with Crippen LogP contribution in [0.4, 0.5) is 18.0 Å². The zero-order chi connectivity index (χ0) is 23.5. The van der Waals surface area contributed by atoms with Crippen molar-refractivity contribution in [2.75, 3.05) is 6.61 Å². The average Bonchev–Trinajstić information content (AvgIpc) is 3.09. The molecule has 33 heavy (non-hydrogen) atoms. The zero-order valence-electron chi connectivity index (χ0n) is 17.4. The minimum atomic E-state index is -1.35. The van der Waals surface area contributed by atoms with E-state index >= 15 is 0 Å². The Balaban J connectivity index is 1.45. The number of hydrogen-bond donors (Lipinski definition) is 2. The molecule has 0 saturated carbocycles. The van der Waals surface area contributed by atoms with Crippen LogP contribution in [0.5, 0.6) is 0 Å².